The number of amides is 1. The zero-order valence-corrected chi connectivity index (χ0v) is 17.1. The number of sulfonamides is 1. The Bertz CT molecular complexity index is 911. The summed E-state index contributed by atoms with van der Waals surface area (Å²) >= 11 is 3.38. The summed E-state index contributed by atoms with van der Waals surface area (Å²) < 4.78 is 42.3. The van der Waals surface area contributed by atoms with Gasteiger partial charge in [-0.15, -0.1) is 0 Å². The van der Waals surface area contributed by atoms with Crippen LogP contribution in [0.5, 0.6) is 0 Å². The number of piperidine rings is 1. The van der Waals surface area contributed by atoms with Crippen LogP contribution < -0.4 is 5.32 Å². The van der Waals surface area contributed by atoms with Crippen molar-refractivity contribution < 1.29 is 17.6 Å². The Morgan fingerprint density at radius 3 is 2.70 bits per heavy atom. The Hall–Kier alpha value is -1.78. The zero-order chi connectivity index (χ0) is 19.6. The highest BCUT2D eigenvalue weighted by Crippen LogP contribution is 2.24. The number of carbonyl (C=O) groups is 1. The predicted molar refractivity (Wildman–Crippen MR) is 101 cm³/mol. The first-order valence-corrected chi connectivity index (χ1v) is 10.7. The van der Waals surface area contributed by atoms with Crippen LogP contribution in [0.4, 0.5) is 4.39 Å². The SMILES string of the molecule is Cn1ncc(Br)c1CNC(=O)[C@@H]1CCCN(S(=O)(=O)c2ccc(F)cc2)C1. The highest BCUT2D eigenvalue weighted by Gasteiger charge is 2.33. The number of rotatable bonds is 5. The predicted octanol–water partition coefficient (Wildman–Crippen LogP) is 2.04. The van der Waals surface area contributed by atoms with Gasteiger partial charge >= 0.3 is 0 Å². The molecular formula is C17H20BrFN4O3S. The Balaban J connectivity index is 1.66. The molecule has 1 aliphatic rings. The second kappa shape index (κ2) is 8.07. The van der Waals surface area contributed by atoms with E-state index in [1.54, 1.807) is 17.9 Å². The molecule has 1 N–H and O–H groups in total. The number of hydrogen-bond acceptors (Lipinski definition) is 4. The average Bonchev–Trinajstić information content (AvgIpc) is 2.98. The van der Waals surface area contributed by atoms with Gasteiger partial charge in [0.1, 0.15) is 5.82 Å². The molecule has 0 unspecified atom stereocenters. The number of carbonyl (C=O) groups excluding carboxylic acids is 1. The van der Waals surface area contributed by atoms with E-state index < -0.39 is 21.8 Å². The molecule has 2 aromatic rings. The van der Waals surface area contributed by atoms with Gasteiger partial charge in [0.05, 0.1) is 33.7 Å². The summed E-state index contributed by atoms with van der Waals surface area (Å²) in [5.74, 6) is -1.12. The van der Waals surface area contributed by atoms with E-state index in [1.165, 1.54) is 16.4 Å². The van der Waals surface area contributed by atoms with Gasteiger partial charge in [-0.2, -0.15) is 9.40 Å². The molecule has 1 aromatic carbocycles. The van der Waals surface area contributed by atoms with Gasteiger partial charge < -0.3 is 5.32 Å². The van der Waals surface area contributed by atoms with Gasteiger partial charge in [0.2, 0.25) is 15.9 Å². The van der Waals surface area contributed by atoms with Crippen LogP contribution in [0.1, 0.15) is 18.5 Å². The van der Waals surface area contributed by atoms with Crippen LogP contribution in [-0.2, 0) is 28.4 Å². The second-order valence-corrected chi connectivity index (χ2v) is 9.23. The van der Waals surface area contributed by atoms with E-state index in [0.29, 0.717) is 25.9 Å². The normalized spacial score (nSPS) is 18.4. The van der Waals surface area contributed by atoms with Crippen molar-refractivity contribution in [2.75, 3.05) is 13.1 Å². The van der Waals surface area contributed by atoms with Crippen molar-refractivity contribution in [2.24, 2.45) is 13.0 Å². The van der Waals surface area contributed by atoms with Crippen LogP contribution in [0, 0.1) is 11.7 Å². The Morgan fingerprint density at radius 1 is 1.37 bits per heavy atom. The molecule has 146 valence electrons. The quantitative estimate of drug-likeness (QED) is 0.742. The number of hydrogen-bond donors (Lipinski definition) is 1. The largest absolute Gasteiger partial charge is 0.350 e. The molecule has 2 heterocycles. The molecule has 1 atom stereocenters. The van der Waals surface area contributed by atoms with Crippen LogP contribution in [0.25, 0.3) is 0 Å². The zero-order valence-electron chi connectivity index (χ0n) is 14.7. The smallest absolute Gasteiger partial charge is 0.243 e. The fourth-order valence-electron chi connectivity index (χ4n) is 3.08. The third-order valence-electron chi connectivity index (χ3n) is 4.65. The minimum Gasteiger partial charge on any atom is -0.350 e. The van der Waals surface area contributed by atoms with Crippen molar-refractivity contribution in [3.05, 3.63) is 46.4 Å². The minimum absolute atomic E-state index is 0.0313. The van der Waals surface area contributed by atoms with Crippen molar-refractivity contribution in [3.8, 4) is 0 Å². The summed E-state index contributed by atoms with van der Waals surface area (Å²) in [4.78, 5) is 12.6. The van der Waals surface area contributed by atoms with Crippen molar-refractivity contribution in [3.63, 3.8) is 0 Å². The van der Waals surface area contributed by atoms with Crippen LogP contribution in [-0.4, -0.2) is 41.5 Å². The summed E-state index contributed by atoms with van der Waals surface area (Å²) in [5.41, 5.74) is 0.829. The van der Waals surface area contributed by atoms with Crippen LogP contribution in [0.15, 0.2) is 39.8 Å². The van der Waals surface area contributed by atoms with Gasteiger partial charge in [0, 0.05) is 20.1 Å². The van der Waals surface area contributed by atoms with E-state index in [1.807, 2.05) is 0 Å². The van der Waals surface area contributed by atoms with Crippen molar-refractivity contribution in [1.82, 2.24) is 19.4 Å². The van der Waals surface area contributed by atoms with E-state index >= 15 is 0 Å². The van der Waals surface area contributed by atoms with Gasteiger partial charge in [0.25, 0.3) is 0 Å². The van der Waals surface area contributed by atoms with Crippen molar-refractivity contribution in [2.45, 2.75) is 24.3 Å². The second-order valence-electron chi connectivity index (χ2n) is 6.44. The number of halogens is 2. The highest BCUT2D eigenvalue weighted by molar-refractivity contribution is 9.10. The number of aromatic nitrogens is 2. The summed E-state index contributed by atoms with van der Waals surface area (Å²) in [7, 11) is -1.97. The first-order valence-electron chi connectivity index (χ1n) is 8.49. The molecule has 0 spiro atoms. The first kappa shape index (κ1) is 20.0. The molecule has 0 saturated carbocycles. The summed E-state index contributed by atoms with van der Waals surface area (Å²) in [6.07, 6.45) is 2.86. The lowest BCUT2D eigenvalue weighted by molar-refractivity contribution is -0.126. The van der Waals surface area contributed by atoms with Crippen molar-refractivity contribution >= 4 is 31.9 Å². The molecule has 3 rings (SSSR count). The first-order chi connectivity index (χ1) is 12.8. The highest BCUT2D eigenvalue weighted by atomic mass is 79.9. The summed E-state index contributed by atoms with van der Waals surface area (Å²) in [6.45, 7) is 0.756. The maximum Gasteiger partial charge on any atom is 0.243 e. The third kappa shape index (κ3) is 4.39. The molecule has 0 aliphatic carbocycles. The number of benzene rings is 1. The number of nitrogens with one attached hydrogen (secondary N) is 1. The van der Waals surface area contributed by atoms with E-state index in [4.69, 9.17) is 0 Å². The maximum atomic E-state index is 13.1. The molecule has 0 radical (unpaired) electrons. The Kier molecular flexibility index (Phi) is 5.97. The van der Waals surface area contributed by atoms with Crippen LogP contribution in [0.2, 0.25) is 0 Å². The van der Waals surface area contributed by atoms with Gasteiger partial charge in [-0.05, 0) is 53.0 Å². The number of nitrogens with zero attached hydrogens (tertiary/aromatic N) is 3. The molecule has 1 saturated heterocycles. The van der Waals surface area contributed by atoms with Crippen LogP contribution >= 0.6 is 15.9 Å². The Labute approximate surface area is 165 Å². The molecule has 1 aromatic heterocycles. The van der Waals surface area contributed by atoms with E-state index in [0.717, 1.165) is 22.3 Å². The lowest BCUT2D eigenvalue weighted by atomic mass is 9.99. The summed E-state index contributed by atoms with van der Waals surface area (Å²) in [5, 5.41) is 6.95. The van der Waals surface area contributed by atoms with Gasteiger partial charge in [-0.25, -0.2) is 12.8 Å². The topological polar surface area (TPSA) is 84.3 Å². The fraction of sp³-hybridized carbons (Fsp3) is 0.412. The summed E-state index contributed by atoms with van der Waals surface area (Å²) in [6, 6.07) is 4.72. The standard InChI is InChI=1S/C17H20BrFN4O3S/c1-22-16(15(18)9-21-22)10-20-17(24)12-3-2-8-23(11-12)27(25,26)14-6-4-13(19)5-7-14/h4-7,9,12H,2-3,8,10-11H2,1H3,(H,20,24)/t12-/m1/s1. The van der Waals surface area contributed by atoms with E-state index in [9.17, 15) is 17.6 Å². The van der Waals surface area contributed by atoms with Gasteiger partial charge in [-0.3, -0.25) is 9.48 Å². The van der Waals surface area contributed by atoms with Crippen LogP contribution in [0.3, 0.4) is 0 Å². The molecule has 10 heteroatoms. The lowest BCUT2D eigenvalue weighted by Gasteiger charge is -2.31. The maximum absolute atomic E-state index is 13.1. The van der Waals surface area contributed by atoms with Gasteiger partial charge in [-0.1, -0.05) is 0 Å². The number of aryl methyl sites for hydroxylation is 1. The third-order valence-corrected chi connectivity index (χ3v) is 7.19. The lowest BCUT2D eigenvalue weighted by Crippen LogP contribution is -2.45. The molecule has 7 nitrogen and oxygen atoms in total. The average molecular weight is 459 g/mol. The molecule has 1 amide bonds. The van der Waals surface area contributed by atoms with Gasteiger partial charge in [0.15, 0.2) is 0 Å². The fourth-order valence-corrected chi connectivity index (χ4v) is 5.09. The Morgan fingerprint density at radius 2 is 2.07 bits per heavy atom. The monoisotopic (exact) mass is 458 g/mol. The molecule has 1 fully saturated rings. The molecule has 0 bridgehead atoms. The molecular weight excluding hydrogens is 439 g/mol. The van der Waals surface area contributed by atoms with E-state index in [-0.39, 0.29) is 17.3 Å². The van der Waals surface area contributed by atoms with E-state index in [2.05, 4.69) is 26.3 Å². The minimum atomic E-state index is -3.75. The van der Waals surface area contributed by atoms with Crippen molar-refractivity contribution in [1.29, 1.82) is 0 Å². The molecule has 1 aliphatic heterocycles. The molecule has 27 heavy (non-hydrogen) atoms.